The van der Waals surface area contributed by atoms with Crippen LogP contribution in [0.4, 0.5) is 0 Å². The van der Waals surface area contributed by atoms with E-state index in [1.165, 1.54) is 80.0 Å². The number of hydrogen-bond donors (Lipinski definition) is 0. The Balaban J connectivity index is 1.68. The van der Waals surface area contributed by atoms with Crippen LogP contribution in [-0.4, -0.2) is 4.57 Å². The van der Waals surface area contributed by atoms with Gasteiger partial charge in [0.1, 0.15) is 0 Å². The number of thiophene rings is 1. The van der Waals surface area contributed by atoms with E-state index in [0.29, 0.717) is 0 Å². The maximum absolute atomic E-state index is 2.57. The minimum atomic E-state index is 1.23. The summed E-state index contributed by atoms with van der Waals surface area (Å²) in [5, 5.41) is 13.1. The van der Waals surface area contributed by atoms with Gasteiger partial charge in [0.2, 0.25) is 0 Å². The van der Waals surface area contributed by atoms with Crippen LogP contribution < -0.4 is 0 Å². The molecule has 0 fully saturated rings. The van der Waals surface area contributed by atoms with E-state index in [9.17, 15) is 0 Å². The molecular weight excluding hydrogens is 478 g/mol. The first-order chi connectivity index (χ1) is 18.9. The van der Waals surface area contributed by atoms with Gasteiger partial charge in [0.05, 0.1) is 21.4 Å². The summed E-state index contributed by atoms with van der Waals surface area (Å²) >= 11 is 1.92. The topological polar surface area (TPSA) is 4.93 Å². The number of rotatable bonds is 1. The maximum atomic E-state index is 2.57. The third-order valence-corrected chi connectivity index (χ3v) is 9.32. The molecule has 0 aliphatic carbocycles. The van der Waals surface area contributed by atoms with Gasteiger partial charge in [-0.2, -0.15) is 0 Å². The third kappa shape index (κ3) is 2.55. The summed E-state index contributed by atoms with van der Waals surface area (Å²) in [5.74, 6) is 0. The number of aromatic nitrogens is 1. The highest BCUT2D eigenvalue weighted by Crippen LogP contribution is 2.49. The summed E-state index contributed by atoms with van der Waals surface area (Å²) < 4.78 is 5.26. The van der Waals surface area contributed by atoms with Gasteiger partial charge in [-0.25, -0.2) is 0 Å². The van der Waals surface area contributed by atoms with E-state index in [1.54, 1.807) is 0 Å². The average molecular weight is 500 g/mol. The molecule has 2 aromatic heterocycles. The second-order valence-corrected chi connectivity index (χ2v) is 11.1. The molecule has 176 valence electrons. The molecule has 1 nitrogen and oxygen atoms in total. The predicted octanol–water partition coefficient (Wildman–Crippen LogP) is 10.6. The van der Waals surface area contributed by atoms with Crippen LogP contribution in [0.25, 0.3) is 80.0 Å². The fourth-order valence-corrected chi connectivity index (χ4v) is 7.84. The van der Waals surface area contributed by atoms with Crippen molar-refractivity contribution in [1.29, 1.82) is 0 Å². The number of hydrogen-bond acceptors (Lipinski definition) is 1. The lowest BCUT2D eigenvalue weighted by Gasteiger charge is -2.14. The maximum Gasteiger partial charge on any atom is 0.0726 e. The third-order valence-electron chi connectivity index (χ3n) is 8.14. The number of fused-ring (bicyclic) bond motifs is 13. The van der Waals surface area contributed by atoms with Crippen LogP contribution in [0.2, 0.25) is 0 Å². The lowest BCUT2D eigenvalue weighted by Crippen LogP contribution is -1.96. The average Bonchev–Trinajstić information content (AvgIpc) is 3.54. The molecule has 38 heavy (non-hydrogen) atoms. The van der Waals surface area contributed by atoms with Crippen LogP contribution in [0.5, 0.6) is 0 Å². The zero-order chi connectivity index (χ0) is 24.8. The van der Waals surface area contributed by atoms with Crippen LogP contribution in [0.1, 0.15) is 0 Å². The first-order valence-corrected chi connectivity index (χ1v) is 13.9. The Morgan fingerprint density at radius 1 is 0.395 bits per heavy atom. The summed E-state index contributed by atoms with van der Waals surface area (Å²) in [6, 6.07) is 46.8. The van der Waals surface area contributed by atoms with E-state index in [2.05, 4.69) is 132 Å². The van der Waals surface area contributed by atoms with Gasteiger partial charge in [0.25, 0.3) is 0 Å². The summed E-state index contributed by atoms with van der Waals surface area (Å²) in [7, 11) is 0. The molecule has 7 aromatic carbocycles. The fourth-order valence-electron chi connectivity index (χ4n) is 6.58. The largest absolute Gasteiger partial charge is 0.307 e. The zero-order valence-corrected chi connectivity index (χ0v) is 21.3. The van der Waals surface area contributed by atoms with Crippen molar-refractivity contribution in [3.05, 3.63) is 127 Å². The van der Waals surface area contributed by atoms with Gasteiger partial charge in [-0.1, -0.05) is 115 Å². The molecule has 0 aliphatic rings. The van der Waals surface area contributed by atoms with Gasteiger partial charge in [-0.05, 0) is 33.7 Å². The smallest absolute Gasteiger partial charge is 0.0726 e. The minimum Gasteiger partial charge on any atom is -0.307 e. The molecule has 0 aliphatic heterocycles. The lowest BCUT2D eigenvalue weighted by molar-refractivity contribution is 1.21. The lowest BCUT2D eigenvalue weighted by atomic mass is 9.98. The van der Waals surface area contributed by atoms with Crippen LogP contribution in [0.3, 0.4) is 0 Å². The summed E-state index contributed by atoms with van der Waals surface area (Å²) in [6.07, 6.45) is 0. The van der Waals surface area contributed by atoms with Crippen LogP contribution >= 0.6 is 11.3 Å². The molecule has 2 heteroatoms. The minimum absolute atomic E-state index is 1.23. The Kier molecular flexibility index (Phi) is 3.99. The first kappa shape index (κ1) is 20.4. The molecule has 0 atom stereocenters. The van der Waals surface area contributed by atoms with Crippen molar-refractivity contribution in [3.8, 4) is 5.69 Å². The zero-order valence-electron chi connectivity index (χ0n) is 20.5. The van der Waals surface area contributed by atoms with Crippen LogP contribution in [0, 0.1) is 0 Å². The van der Waals surface area contributed by atoms with Gasteiger partial charge in [0.15, 0.2) is 0 Å². The number of benzene rings is 7. The summed E-state index contributed by atoms with van der Waals surface area (Å²) in [6.45, 7) is 0. The predicted molar refractivity (Wildman–Crippen MR) is 166 cm³/mol. The van der Waals surface area contributed by atoms with Crippen molar-refractivity contribution < 1.29 is 0 Å². The van der Waals surface area contributed by atoms with Crippen molar-refractivity contribution in [3.63, 3.8) is 0 Å². The monoisotopic (exact) mass is 499 g/mol. The van der Waals surface area contributed by atoms with Gasteiger partial charge in [-0.15, -0.1) is 11.3 Å². The Morgan fingerprint density at radius 3 is 1.82 bits per heavy atom. The molecule has 0 unspecified atom stereocenters. The summed E-state index contributed by atoms with van der Waals surface area (Å²) in [4.78, 5) is 0. The van der Waals surface area contributed by atoms with Gasteiger partial charge in [-0.3, -0.25) is 0 Å². The van der Waals surface area contributed by atoms with Crippen molar-refractivity contribution in [1.82, 2.24) is 4.57 Å². The molecule has 0 amide bonds. The molecule has 9 aromatic rings. The molecule has 2 heterocycles. The molecular formula is C36H21NS. The highest BCUT2D eigenvalue weighted by Gasteiger charge is 2.23. The van der Waals surface area contributed by atoms with Gasteiger partial charge in [0, 0.05) is 37.0 Å². The molecule has 0 radical (unpaired) electrons. The van der Waals surface area contributed by atoms with E-state index < -0.39 is 0 Å². The second-order valence-electron chi connectivity index (χ2n) is 10.1. The summed E-state index contributed by atoms with van der Waals surface area (Å²) in [5.41, 5.74) is 3.82. The Morgan fingerprint density at radius 2 is 1.00 bits per heavy atom. The highest BCUT2D eigenvalue weighted by atomic mass is 32.1. The molecule has 0 bridgehead atoms. The van der Waals surface area contributed by atoms with E-state index in [0.717, 1.165) is 0 Å². The van der Waals surface area contributed by atoms with Crippen LogP contribution in [-0.2, 0) is 0 Å². The van der Waals surface area contributed by atoms with Crippen LogP contribution in [0.15, 0.2) is 127 Å². The second kappa shape index (κ2) is 7.44. The van der Waals surface area contributed by atoms with E-state index in [1.807, 2.05) is 11.3 Å². The SMILES string of the molecule is c1ccc2c(-n3c4c5ccccc5ccc4c4c5ccccc5c5c6ccccc6sc5c43)cccc2c1. The number of nitrogens with zero attached hydrogens (tertiary/aromatic N) is 1. The van der Waals surface area contributed by atoms with Gasteiger partial charge < -0.3 is 4.57 Å². The highest BCUT2D eigenvalue weighted by molar-refractivity contribution is 7.27. The Labute approximate surface area is 222 Å². The molecule has 9 rings (SSSR count). The van der Waals surface area contributed by atoms with E-state index in [4.69, 9.17) is 0 Å². The Hall–Kier alpha value is -4.66. The molecule has 0 spiro atoms. The van der Waals surface area contributed by atoms with Crippen molar-refractivity contribution >= 4 is 85.6 Å². The quantitative estimate of drug-likeness (QED) is 0.212. The standard InChI is InChI=1S/C36H21NS/c1-3-13-24-22(10-1)12-9-18-30(24)37-34-25-14-4-2-11-23(25)20-21-29(34)32-26-15-5-6-16-27(26)33-28-17-7-8-19-31(28)38-36(33)35(32)37/h1-21H. The molecule has 0 N–H and O–H groups in total. The van der Waals surface area contributed by atoms with Crippen molar-refractivity contribution in [2.45, 2.75) is 0 Å². The van der Waals surface area contributed by atoms with Crippen molar-refractivity contribution in [2.75, 3.05) is 0 Å². The Bertz CT molecular complexity index is 2400. The normalized spacial score (nSPS) is 12.2. The van der Waals surface area contributed by atoms with E-state index in [-0.39, 0.29) is 0 Å². The van der Waals surface area contributed by atoms with Gasteiger partial charge >= 0.3 is 0 Å². The first-order valence-electron chi connectivity index (χ1n) is 13.0. The molecule has 0 saturated heterocycles. The van der Waals surface area contributed by atoms with E-state index >= 15 is 0 Å². The molecule has 0 saturated carbocycles. The fraction of sp³-hybridized carbons (Fsp3) is 0. The van der Waals surface area contributed by atoms with Crippen molar-refractivity contribution in [2.24, 2.45) is 0 Å².